The van der Waals surface area contributed by atoms with Crippen molar-refractivity contribution in [2.45, 2.75) is 30.7 Å². The fraction of sp³-hybridized carbons (Fsp3) is 0.875. The van der Waals surface area contributed by atoms with Crippen LogP contribution < -0.4 is 0 Å². The fourth-order valence-electron chi connectivity index (χ4n) is 1.33. The number of hydrogen-bond acceptors (Lipinski definition) is 7. The second-order valence-electron chi connectivity index (χ2n) is 3.45. The zero-order chi connectivity index (χ0) is 12.3. The van der Waals surface area contributed by atoms with Crippen LogP contribution in [0.15, 0.2) is 0 Å². The van der Waals surface area contributed by atoms with E-state index in [4.69, 9.17) is 20.1 Å². The molecule has 8 heteroatoms. The highest BCUT2D eigenvalue weighted by atomic mass is 16.6. The lowest BCUT2D eigenvalue weighted by Crippen LogP contribution is -2.58. The molecule has 0 radical (unpaired) electrons. The molecule has 0 spiro atoms. The third kappa shape index (κ3) is 3.11. The summed E-state index contributed by atoms with van der Waals surface area (Å²) in [5.74, 6) is -1.19. The maximum absolute atomic E-state index is 10.1. The van der Waals surface area contributed by atoms with Crippen LogP contribution in [-0.4, -0.2) is 75.4 Å². The Kier molecular flexibility index (Phi) is 4.59. The smallest absolute Gasteiger partial charge is 0.329 e. The van der Waals surface area contributed by atoms with Crippen molar-refractivity contribution >= 4 is 5.97 Å². The summed E-state index contributed by atoms with van der Waals surface area (Å²) in [7, 11) is 0. The average Bonchev–Trinajstić information content (AvgIpc) is 2.22. The van der Waals surface area contributed by atoms with E-state index in [2.05, 4.69) is 4.74 Å². The normalized spacial score (nSPS) is 39.6. The molecule has 0 aliphatic carbocycles. The van der Waals surface area contributed by atoms with Crippen LogP contribution in [0, 0.1) is 0 Å². The van der Waals surface area contributed by atoms with Crippen molar-refractivity contribution in [3.63, 3.8) is 0 Å². The van der Waals surface area contributed by atoms with Gasteiger partial charge in [0, 0.05) is 0 Å². The number of aliphatic hydroxyl groups is 4. The van der Waals surface area contributed by atoms with Gasteiger partial charge in [0.15, 0.2) is 6.29 Å². The van der Waals surface area contributed by atoms with Crippen LogP contribution in [0.4, 0.5) is 0 Å². The average molecular weight is 238 g/mol. The zero-order valence-corrected chi connectivity index (χ0v) is 8.26. The molecule has 8 nitrogen and oxygen atoms in total. The summed E-state index contributed by atoms with van der Waals surface area (Å²) < 4.78 is 9.39. The van der Waals surface area contributed by atoms with Gasteiger partial charge in [-0.3, -0.25) is 0 Å². The summed E-state index contributed by atoms with van der Waals surface area (Å²) in [4.78, 5) is 10.1. The molecule has 1 aliphatic rings. The molecule has 1 saturated heterocycles. The quantitative estimate of drug-likeness (QED) is 0.347. The highest BCUT2D eigenvalue weighted by Crippen LogP contribution is 2.19. The molecule has 94 valence electrons. The Balaban J connectivity index is 2.44. The maximum atomic E-state index is 10.1. The van der Waals surface area contributed by atoms with Gasteiger partial charge in [-0.1, -0.05) is 0 Å². The molecule has 16 heavy (non-hydrogen) atoms. The van der Waals surface area contributed by atoms with Crippen LogP contribution in [0.5, 0.6) is 0 Å². The molecule has 5 atom stereocenters. The van der Waals surface area contributed by atoms with Gasteiger partial charge in [0.05, 0.1) is 6.61 Å². The van der Waals surface area contributed by atoms with Crippen molar-refractivity contribution in [2.75, 3.05) is 13.2 Å². The molecule has 2 unspecified atom stereocenters. The molecular weight excluding hydrogens is 224 g/mol. The molecule has 0 aromatic heterocycles. The van der Waals surface area contributed by atoms with E-state index in [0.717, 1.165) is 0 Å². The van der Waals surface area contributed by atoms with Gasteiger partial charge in [-0.25, -0.2) is 4.79 Å². The van der Waals surface area contributed by atoms with Gasteiger partial charge in [-0.05, 0) is 0 Å². The van der Waals surface area contributed by atoms with E-state index in [-0.39, 0.29) is 6.61 Å². The first-order valence-electron chi connectivity index (χ1n) is 4.60. The number of ether oxygens (including phenoxy) is 2. The maximum Gasteiger partial charge on any atom is 0.329 e. The topological polar surface area (TPSA) is 137 Å². The van der Waals surface area contributed by atoms with Gasteiger partial charge in [-0.2, -0.15) is 0 Å². The predicted molar refractivity (Wildman–Crippen MR) is 47.4 cm³/mol. The van der Waals surface area contributed by atoms with Gasteiger partial charge < -0.3 is 35.0 Å². The Hall–Kier alpha value is -0.770. The monoisotopic (exact) mass is 238 g/mol. The molecule has 1 fully saturated rings. The number of hydrogen-bond donors (Lipinski definition) is 5. The molecule has 5 N–H and O–H groups in total. The third-order valence-corrected chi connectivity index (χ3v) is 2.19. The second kappa shape index (κ2) is 5.53. The summed E-state index contributed by atoms with van der Waals surface area (Å²) in [6, 6.07) is 0. The van der Waals surface area contributed by atoms with E-state index in [1.807, 2.05) is 0 Å². The first kappa shape index (κ1) is 13.3. The Morgan fingerprint density at radius 3 is 2.31 bits per heavy atom. The first-order chi connectivity index (χ1) is 7.43. The highest BCUT2D eigenvalue weighted by molar-refractivity contribution is 5.67. The lowest BCUT2D eigenvalue weighted by molar-refractivity contribution is -0.288. The van der Waals surface area contributed by atoms with Crippen molar-refractivity contribution in [2.24, 2.45) is 0 Å². The Morgan fingerprint density at radius 2 is 1.75 bits per heavy atom. The van der Waals surface area contributed by atoms with Crippen LogP contribution in [-0.2, 0) is 14.3 Å². The molecule has 1 heterocycles. The van der Waals surface area contributed by atoms with E-state index < -0.39 is 43.3 Å². The molecule has 0 bridgehead atoms. The number of aliphatic hydroxyl groups excluding tert-OH is 4. The molecule has 0 saturated carbocycles. The van der Waals surface area contributed by atoms with Crippen molar-refractivity contribution in [3.8, 4) is 0 Å². The molecule has 0 amide bonds. The van der Waals surface area contributed by atoms with Gasteiger partial charge in [0.2, 0.25) is 0 Å². The number of carboxylic acid groups (broad SMARTS) is 1. The van der Waals surface area contributed by atoms with Crippen molar-refractivity contribution in [3.05, 3.63) is 0 Å². The summed E-state index contributed by atoms with van der Waals surface area (Å²) in [6.45, 7) is -0.893. The fourth-order valence-corrected chi connectivity index (χ4v) is 1.33. The van der Waals surface area contributed by atoms with Gasteiger partial charge in [-0.15, -0.1) is 0 Å². The third-order valence-electron chi connectivity index (χ3n) is 2.19. The molecule has 0 aromatic rings. The van der Waals surface area contributed by atoms with Crippen molar-refractivity contribution < 1.29 is 39.8 Å². The van der Waals surface area contributed by atoms with E-state index in [0.29, 0.717) is 0 Å². The Bertz CT molecular complexity index is 244. The van der Waals surface area contributed by atoms with Crippen molar-refractivity contribution in [1.82, 2.24) is 0 Å². The van der Waals surface area contributed by atoms with Gasteiger partial charge in [0.25, 0.3) is 0 Å². The SMILES string of the molecule is O=C(O)COCC1O[C@@H](O)[C@@H](O)C(O)[C@@H]1O. The van der Waals surface area contributed by atoms with Crippen LogP contribution in [0.25, 0.3) is 0 Å². The molecule has 1 rings (SSSR count). The van der Waals surface area contributed by atoms with E-state index in [9.17, 15) is 15.0 Å². The van der Waals surface area contributed by atoms with Gasteiger partial charge >= 0.3 is 5.97 Å². The first-order valence-corrected chi connectivity index (χ1v) is 4.60. The number of rotatable bonds is 4. The lowest BCUT2D eigenvalue weighted by atomic mass is 9.99. The van der Waals surface area contributed by atoms with Gasteiger partial charge in [0.1, 0.15) is 31.0 Å². The van der Waals surface area contributed by atoms with Crippen LogP contribution in [0.2, 0.25) is 0 Å². The highest BCUT2D eigenvalue weighted by Gasteiger charge is 2.42. The summed E-state index contributed by atoms with van der Waals surface area (Å²) >= 11 is 0. The standard InChI is InChI=1S/C8H14O8/c9-4(10)2-15-1-3-5(11)6(12)7(13)8(14)16-3/h3,5-8,11-14H,1-2H2,(H,9,10)/t3?,5-,6?,7+,8-/m1/s1. The van der Waals surface area contributed by atoms with Crippen LogP contribution in [0.1, 0.15) is 0 Å². The van der Waals surface area contributed by atoms with E-state index >= 15 is 0 Å². The second-order valence-corrected chi connectivity index (χ2v) is 3.45. The van der Waals surface area contributed by atoms with E-state index in [1.165, 1.54) is 0 Å². The lowest BCUT2D eigenvalue weighted by Gasteiger charge is -2.38. The molecule has 0 aromatic carbocycles. The van der Waals surface area contributed by atoms with Crippen LogP contribution in [0.3, 0.4) is 0 Å². The Labute approximate surface area is 90.6 Å². The predicted octanol–water partition coefficient (Wildman–Crippen LogP) is -3.11. The zero-order valence-electron chi connectivity index (χ0n) is 8.26. The summed E-state index contributed by atoms with van der Waals surface area (Å²) in [6.07, 6.45) is -7.36. The minimum atomic E-state index is -1.64. The van der Waals surface area contributed by atoms with Crippen molar-refractivity contribution in [1.29, 1.82) is 0 Å². The molecule has 1 aliphatic heterocycles. The number of carbonyl (C=O) groups is 1. The van der Waals surface area contributed by atoms with Crippen LogP contribution >= 0.6 is 0 Å². The number of carboxylic acids is 1. The minimum Gasteiger partial charge on any atom is -0.480 e. The Morgan fingerprint density at radius 1 is 1.12 bits per heavy atom. The number of aliphatic carboxylic acids is 1. The summed E-state index contributed by atoms with van der Waals surface area (Å²) in [5.41, 5.74) is 0. The molecular formula is C8H14O8. The largest absolute Gasteiger partial charge is 0.480 e. The summed E-state index contributed by atoms with van der Waals surface area (Å²) in [5, 5.41) is 45.2. The minimum absolute atomic E-state index is 0.311. The van der Waals surface area contributed by atoms with E-state index in [1.54, 1.807) is 0 Å².